The smallest absolute Gasteiger partial charge is 0.208 e. The van der Waals surface area contributed by atoms with Gasteiger partial charge < -0.3 is 9.13 Å². The molecule has 0 amide bonds. The van der Waals surface area contributed by atoms with Gasteiger partial charge >= 0.3 is 0 Å². The molecule has 0 N–H and O–H groups in total. The lowest BCUT2D eigenvalue weighted by Crippen LogP contribution is -2.20. The van der Waals surface area contributed by atoms with Crippen molar-refractivity contribution >= 4 is 59.2 Å². The lowest BCUT2D eigenvalue weighted by molar-refractivity contribution is 0.103. The number of ketones is 1. The summed E-state index contributed by atoms with van der Waals surface area (Å²) in [7, 11) is -3.99. The summed E-state index contributed by atoms with van der Waals surface area (Å²) >= 11 is 0. The van der Waals surface area contributed by atoms with Crippen molar-refractivity contribution in [3.63, 3.8) is 0 Å². The van der Waals surface area contributed by atoms with E-state index in [0.717, 1.165) is 77.2 Å². The van der Waals surface area contributed by atoms with E-state index in [4.69, 9.17) is 0 Å². The molecule has 5 nitrogen and oxygen atoms in total. The Morgan fingerprint density at radius 1 is 0.345 bits per heavy atom. The van der Waals surface area contributed by atoms with Crippen LogP contribution in [-0.4, -0.2) is 23.3 Å². The lowest BCUT2D eigenvalue weighted by atomic mass is 9.95. The van der Waals surface area contributed by atoms with Crippen molar-refractivity contribution < 1.29 is 13.2 Å². The number of nitrogens with zero attached hydrogens (tertiary/aromatic N) is 2. The van der Waals surface area contributed by atoms with Gasteiger partial charge in [0.1, 0.15) is 0 Å². The van der Waals surface area contributed by atoms with Crippen LogP contribution in [0, 0.1) is 0 Å². The standard InChI is InChI=1S/C49H30N2O3S/c52-49-39-23-19-34(32-21-25-46-41(28-32)38-16-8-10-18-44(38)51(46)36-13-5-2-6-14-36)30-48(39)55(53,54)47-26-22-33(29-42(47)49)31-20-24-45-40(27-31)37-15-7-9-17-43(37)50(45)35-11-3-1-4-12-35/h1-30H. The monoisotopic (exact) mass is 726 g/mol. The van der Waals surface area contributed by atoms with Crippen LogP contribution in [0.5, 0.6) is 0 Å². The minimum Gasteiger partial charge on any atom is -0.309 e. The average Bonchev–Trinajstić information content (AvgIpc) is 3.75. The van der Waals surface area contributed by atoms with E-state index in [1.165, 1.54) is 0 Å². The summed E-state index contributed by atoms with van der Waals surface area (Å²) in [4.78, 5) is 14.2. The summed E-state index contributed by atoms with van der Waals surface area (Å²) in [6.07, 6.45) is 0. The van der Waals surface area contributed by atoms with Crippen LogP contribution in [0.15, 0.2) is 192 Å². The van der Waals surface area contributed by atoms with Crippen molar-refractivity contribution in [2.24, 2.45) is 0 Å². The maximum atomic E-state index is 14.3. The summed E-state index contributed by atoms with van der Waals surface area (Å²) in [6, 6.07) is 60.0. The van der Waals surface area contributed by atoms with Crippen molar-refractivity contribution in [1.82, 2.24) is 9.13 Å². The van der Waals surface area contributed by atoms with Gasteiger partial charge in [-0.25, -0.2) is 8.42 Å². The normalized spacial score (nSPS) is 13.4. The molecular formula is C49H30N2O3S. The minimum atomic E-state index is -3.99. The van der Waals surface area contributed by atoms with Crippen molar-refractivity contribution in [1.29, 1.82) is 0 Å². The first-order valence-electron chi connectivity index (χ1n) is 18.2. The maximum absolute atomic E-state index is 14.3. The molecule has 3 heterocycles. The second kappa shape index (κ2) is 11.7. The van der Waals surface area contributed by atoms with Crippen molar-refractivity contribution in [2.45, 2.75) is 9.79 Å². The topological polar surface area (TPSA) is 61.1 Å². The number of rotatable bonds is 4. The van der Waals surface area contributed by atoms with E-state index >= 15 is 0 Å². The van der Waals surface area contributed by atoms with E-state index in [-0.39, 0.29) is 26.7 Å². The second-order valence-electron chi connectivity index (χ2n) is 14.1. The van der Waals surface area contributed by atoms with Crippen LogP contribution >= 0.6 is 0 Å². The summed E-state index contributed by atoms with van der Waals surface area (Å²) in [5.74, 6) is -0.295. The number of hydrogen-bond acceptors (Lipinski definition) is 3. The summed E-state index contributed by atoms with van der Waals surface area (Å²) in [5.41, 5.74) is 10.1. The Balaban J connectivity index is 0.996. The number of fused-ring (bicyclic) bond motifs is 8. The predicted molar refractivity (Wildman–Crippen MR) is 221 cm³/mol. The molecule has 0 fully saturated rings. The van der Waals surface area contributed by atoms with Crippen molar-refractivity contribution in [2.75, 3.05) is 0 Å². The molecule has 0 saturated heterocycles. The van der Waals surface area contributed by atoms with Crippen LogP contribution in [-0.2, 0) is 9.84 Å². The highest BCUT2D eigenvalue weighted by Gasteiger charge is 2.35. The first-order valence-corrected chi connectivity index (χ1v) is 19.7. The highest BCUT2D eigenvalue weighted by Crippen LogP contribution is 2.41. The summed E-state index contributed by atoms with van der Waals surface area (Å²) < 4.78 is 33.1. The number of aromatic nitrogens is 2. The van der Waals surface area contributed by atoms with Crippen LogP contribution in [0.2, 0.25) is 0 Å². The third-order valence-electron chi connectivity index (χ3n) is 11.1. The molecule has 0 unspecified atom stereocenters. The van der Waals surface area contributed by atoms with Gasteiger partial charge in [-0.3, -0.25) is 4.79 Å². The Kier molecular flexibility index (Phi) is 6.72. The second-order valence-corrected chi connectivity index (χ2v) is 16.0. The number of sulfone groups is 1. The Morgan fingerprint density at radius 3 is 1.35 bits per heavy atom. The molecule has 0 spiro atoms. The Morgan fingerprint density at radius 2 is 0.782 bits per heavy atom. The van der Waals surface area contributed by atoms with E-state index in [0.29, 0.717) is 0 Å². The fraction of sp³-hybridized carbons (Fsp3) is 0. The van der Waals surface area contributed by atoms with E-state index in [1.54, 1.807) is 24.3 Å². The molecule has 0 bridgehead atoms. The Hall–Kier alpha value is -7.02. The van der Waals surface area contributed by atoms with Gasteiger partial charge in [0.25, 0.3) is 0 Å². The van der Waals surface area contributed by atoms with Crippen molar-refractivity contribution in [3.05, 3.63) is 193 Å². The first kappa shape index (κ1) is 31.5. The largest absolute Gasteiger partial charge is 0.309 e. The zero-order valence-electron chi connectivity index (χ0n) is 29.3. The van der Waals surface area contributed by atoms with E-state index < -0.39 is 9.84 Å². The number of benzene rings is 8. The molecule has 0 atom stereocenters. The molecule has 55 heavy (non-hydrogen) atoms. The van der Waals surface area contributed by atoms with Gasteiger partial charge in [-0.05, 0) is 107 Å². The van der Waals surface area contributed by atoms with Crippen LogP contribution in [0.1, 0.15) is 15.9 Å². The highest BCUT2D eigenvalue weighted by atomic mass is 32.2. The number of carbonyl (C=O) groups is 1. The molecule has 260 valence electrons. The number of hydrogen-bond donors (Lipinski definition) is 0. The molecule has 10 aromatic rings. The molecule has 8 aromatic carbocycles. The van der Waals surface area contributed by atoms with Gasteiger partial charge in [0.05, 0.1) is 31.9 Å². The predicted octanol–water partition coefficient (Wildman–Crippen LogP) is 11.6. The highest BCUT2D eigenvalue weighted by molar-refractivity contribution is 7.91. The van der Waals surface area contributed by atoms with Gasteiger partial charge in [-0.2, -0.15) is 0 Å². The SMILES string of the molecule is O=C1c2cc(-c3ccc4c(c3)c3ccccc3n4-c3ccccc3)ccc2S(=O)(=O)c2cc(-c3ccc4c(c3)c3ccccc3n4-c3ccccc3)ccc21. The van der Waals surface area contributed by atoms with E-state index in [2.05, 4.69) is 81.9 Å². The number of para-hydroxylation sites is 4. The minimum absolute atomic E-state index is 0.0361. The summed E-state index contributed by atoms with van der Waals surface area (Å²) in [5, 5.41) is 4.36. The molecule has 2 aromatic heterocycles. The molecule has 1 aliphatic rings. The molecule has 0 radical (unpaired) electrons. The Bertz CT molecular complexity index is 3340. The average molecular weight is 727 g/mol. The van der Waals surface area contributed by atoms with Gasteiger partial charge in [0.15, 0.2) is 5.78 Å². The van der Waals surface area contributed by atoms with E-state index in [1.807, 2.05) is 84.9 Å². The van der Waals surface area contributed by atoms with Crippen LogP contribution < -0.4 is 0 Å². The number of carbonyl (C=O) groups excluding carboxylic acids is 1. The van der Waals surface area contributed by atoms with Crippen LogP contribution in [0.4, 0.5) is 0 Å². The zero-order valence-corrected chi connectivity index (χ0v) is 30.2. The van der Waals surface area contributed by atoms with Gasteiger partial charge in [-0.15, -0.1) is 0 Å². The van der Waals surface area contributed by atoms with E-state index in [9.17, 15) is 13.2 Å². The molecular weight excluding hydrogens is 697 g/mol. The van der Waals surface area contributed by atoms with Crippen LogP contribution in [0.3, 0.4) is 0 Å². The molecule has 0 aliphatic carbocycles. The van der Waals surface area contributed by atoms with Crippen molar-refractivity contribution in [3.8, 4) is 33.6 Å². The zero-order chi connectivity index (χ0) is 36.8. The third-order valence-corrected chi connectivity index (χ3v) is 12.9. The third kappa shape index (κ3) is 4.65. The molecule has 6 heteroatoms. The Labute approximate surface area is 316 Å². The molecule has 0 saturated carbocycles. The fourth-order valence-electron chi connectivity index (χ4n) is 8.51. The molecule has 11 rings (SSSR count). The van der Waals surface area contributed by atoms with Crippen LogP contribution in [0.25, 0.3) is 77.2 Å². The summed E-state index contributed by atoms with van der Waals surface area (Å²) in [6.45, 7) is 0. The van der Waals surface area contributed by atoms with Gasteiger partial charge in [0, 0.05) is 44.0 Å². The van der Waals surface area contributed by atoms with Gasteiger partial charge in [0.2, 0.25) is 9.84 Å². The maximum Gasteiger partial charge on any atom is 0.208 e. The van der Waals surface area contributed by atoms with Gasteiger partial charge in [-0.1, -0.05) is 97.1 Å². The first-order chi connectivity index (χ1) is 27.0. The lowest BCUT2D eigenvalue weighted by Gasteiger charge is -2.20. The molecule has 1 aliphatic heterocycles. The fourth-order valence-corrected chi connectivity index (χ4v) is 10.2. The quantitative estimate of drug-likeness (QED) is 0.181.